The van der Waals surface area contributed by atoms with Crippen molar-refractivity contribution in [3.63, 3.8) is 0 Å². The maximum Gasteiger partial charge on any atom is 0.434 e. The number of carbonyl (C=O) groups is 2. The van der Waals surface area contributed by atoms with E-state index in [-0.39, 0.29) is 35.0 Å². The van der Waals surface area contributed by atoms with Crippen LogP contribution in [0.5, 0.6) is 0 Å². The normalized spacial score (nSPS) is 14.6. The number of hydrogen-bond acceptors (Lipinski definition) is 8. The topological polar surface area (TPSA) is 112 Å². The zero-order valence-corrected chi connectivity index (χ0v) is 20.3. The molecule has 0 spiro atoms. The minimum atomic E-state index is -4.69. The second-order valence-corrected chi connectivity index (χ2v) is 9.17. The summed E-state index contributed by atoms with van der Waals surface area (Å²) >= 11 is 0.856. The Morgan fingerprint density at radius 2 is 1.74 bits per heavy atom. The highest BCUT2D eigenvalue weighted by Crippen LogP contribution is 2.31. The molecule has 3 N–H and O–H groups in total. The summed E-state index contributed by atoms with van der Waals surface area (Å²) in [7, 11) is 0. The first kappa shape index (κ1) is 27.3. The standard InChI is InChI=1S/C22H19F6N7O2S/c1-11-17(20(38-34-11)33-16-7-29-6-15(32-16)22(26,27)28)19(37)30-13-4-2-12(3-5-13)18(36)31-14-8-35(9-14)10-21(23,24)25/h2-7,14H,8-10H2,1H3,(H,30,37)(H,31,36)(H,32,33). The second-order valence-electron chi connectivity index (χ2n) is 8.40. The lowest BCUT2D eigenvalue weighted by Crippen LogP contribution is -2.60. The van der Waals surface area contributed by atoms with Crippen molar-refractivity contribution in [2.24, 2.45) is 0 Å². The fourth-order valence-electron chi connectivity index (χ4n) is 3.61. The van der Waals surface area contributed by atoms with E-state index in [4.69, 9.17) is 0 Å². The van der Waals surface area contributed by atoms with Gasteiger partial charge in [0.25, 0.3) is 11.8 Å². The van der Waals surface area contributed by atoms with E-state index in [0.717, 1.165) is 17.7 Å². The molecular formula is C22H19F6N7O2S. The van der Waals surface area contributed by atoms with E-state index in [0.29, 0.717) is 17.6 Å². The third-order valence-electron chi connectivity index (χ3n) is 5.36. The number of aromatic nitrogens is 3. The van der Waals surface area contributed by atoms with Crippen LogP contribution < -0.4 is 16.0 Å². The van der Waals surface area contributed by atoms with Gasteiger partial charge in [0.1, 0.15) is 10.8 Å². The van der Waals surface area contributed by atoms with Crippen LogP contribution in [0.15, 0.2) is 36.7 Å². The summed E-state index contributed by atoms with van der Waals surface area (Å²) in [6.45, 7) is 0.710. The third kappa shape index (κ3) is 6.74. The highest BCUT2D eigenvalue weighted by molar-refractivity contribution is 7.10. The van der Waals surface area contributed by atoms with Crippen LogP contribution in [0.25, 0.3) is 0 Å². The number of rotatable bonds is 7. The Labute approximate surface area is 215 Å². The molecule has 0 unspecified atom stereocenters. The van der Waals surface area contributed by atoms with Gasteiger partial charge in [-0.25, -0.2) is 4.98 Å². The maximum atomic E-state index is 12.9. The summed E-state index contributed by atoms with van der Waals surface area (Å²) in [5, 5.41) is 8.08. The predicted molar refractivity (Wildman–Crippen MR) is 125 cm³/mol. The molecule has 0 aliphatic carbocycles. The first-order valence-corrected chi connectivity index (χ1v) is 11.7. The number of hydrogen-bond donors (Lipinski definition) is 3. The molecule has 9 nitrogen and oxygen atoms in total. The zero-order valence-electron chi connectivity index (χ0n) is 19.4. The molecule has 0 atom stereocenters. The average molecular weight is 559 g/mol. The van der Waals surface area contributed by atoms with Crippen molar-refractivity contribution < 1.29 is 35.9 Å². The van der Waals surface area contributed by atoms with E-state index in [1.165, 1.54) is 29.2 Å². The van der Waals surface area contributed by atoms with Crippen LogP contribution in [0.3, 0.4) is 0 Å². The Morgan fingerprint density at radius 3 is 2.37 bits per heavy atom. The van der Waals surface area contributed by atoms with Crippen molar-refractivity contribution in [2.75, 3.05) is 30.3 Å². The summed E-state index contributed by atoms with van der Waals surface area (Å²) in [5.41, 5.74) is -0.219. The monoisotopic (exact) mass is 559 g/mol. The minimum absolute atomic E-state index is 0.0874. The molecule has 202 valence electrons. The van der Waals surface area contributed by atoms with Gasteiger partial charge in [0.05, 0.1) is 36.2 Å². The van der Waals surface area contributed by atoms with Gasteiger partial charge in [0, 0.05) is 24.3 Å². The first-order chi connectivity index (χ1) is 17.8. The Kier molecular flexibility index (Phi) is 7.55. The summed E-state index contributed by atoms with van der Waals surface area (Å²) in [6.07, 6.45) is -7.33. The first-order valence-electron chi connectivity index (χ1n) is 10.9. The molecule has 38 heavy (non-hydrogen) atoms. The van der Waals surface area contributed by atoms with E-state index in [2.05, 4.69) is 30.3 Å². The molecule has 1 aliphatic rings. The van der Waals surface area contributed by atoms with Crippen LogP contribution in [0.1, 0.15) is 32.1 Å². The third-order valence-corrected chi connectivity index (χ3v) is 6.21. The van der Waals surface area contributed by atoms with Crippen LogP contribution >= 0.6 is 11.5 Å². The Balaban J connectivity index is 1.36. The van der Waals surface area contributed by atoms with Gasteiger partial charge >= 0.3 is 12.4 Å². The number of amides is 2. The molecule has 3 heterocycles. The van der Waals surface area contributed by atoms with Gasteiger partial charge in [-0.2, -0.15) is 30.7 Å². The maximum absolute atomic E-state index is 12.9. The smallest absolute Gasteiger partial charge is 0.347 e. The number of alkyl halides is 6. The van der Waals surface area contributed by atoms with Gasteiger partial charge in [-0.1, -0.05) is 0 Å². The van der Waals surface area contributed by atoms with E-state index >= 15 is 0 Å². The van der Waals surface area contributed by atoms with E-state index in [1.54, 1.807) is 6.92 Å². The van der Waals surface area contributed by atoms with Crippen LogP contribution in [0.4, 0.5) is 42.8 Å². The lowest BCUT2D eigenvalue weighted by Gasteiger charge is -2.39. The van der Waals surface area contributed by atoms with Gasteiger partial charge in [0.2, 0.25) is 0 Å². The molecule has 1 saturated heterocycles. The molecule has 1 fully saturated rings. The average Bonchev–Trinajstić information content (AvgIpc) is 3.16. The summed E-state index contributed by atoms with van der Waals surface area (Å²) in [5.74, 6) is -1.29. The van der Waals surface area contributed by atoms with Crippen LogP contribution in [0.2, 0.25) is 0 Å². The SMILES string of the molecule is Cc1nsc(Nc2cncc(C(F)(F)F)n2)c1C(=O)Nc1ccc(C(=O)NC2CN(CC(F)(F)F)C2)cc1. The van der Waals surface area contributed by atoms with Crippen LogP contribution in [0, 0.1) is 6.92 Å². The number of carbonyl (C=O) groups excluding carboxylic acids is 2. The van der Waals surface area contributed by atoms with Crippen molar-refractivity contribution in [3.05, 3.63) is 59.2 Å². The Bertz CT molecular complexity index is 1320. The molecule has 0 radical (unpaired) electrons. The van der Waals surface area contributed by atoms with Gasteiger partial charge < -0.3 is 16.0 Å². The summed E-state index contributed by atoms with van der Waals surface area (Å²) in [4.78, 5) is 33.4. The number of anilines is 3. The lowest BCUT2D eigenvalue weighted by molar-refractivity contribution is -0.155. The Hall–Kier alpha value is -3.79. The fourth-order valence-corrected chi connectivity index (χ4v) is 4.41. The second kappa shape index (κ2) is 10.5. The number of aryl methyl sites for hydroxylation is 1. The van der Waals surface area contributed by atoms with Crippen LogP contribution in [-0.4, -0.2) is 62.9 Å². The number of benzene rings is 1. The van der Waals surface area contributed by atoms with Crippen molar-refractivity contribution in [1.29, 1.82) is 0 Å². The van der Waals surface area contributed by atoms with Gasteiger partial charge in [-0.3, -0.25) is 19.5 Å². The number of nitrogens with one attached hydrogen (secondary N) is 3. The number of halogens is 6. The molecular weight excluding hydrogens is 540 g/mol. The van der Waals surface area contributed by atoms with Gasteiger partial charge in [-0.15, -0.1) is 0 Å². The molecule has 16 heteroatoms. The number of nitrogens with zero attached hydrogens (tertiary/aromatic N) is 4. The molecule has 2 amide bonds. The fraction of sp³-hybridized carbons (Fsp3) is 0.318. The largest absolute Gasteiger partial charge is 0.434 e. The van der Waals surface area contributed by atoms with Gasteiger partial charge in [-0.05, 0) is 42.7 Å². The Morgan fingerprint density at radius 1 is 1.05 bits per heavy atom. The van der Waals surface area contributed by atoms with Crippen molar-refractivity contribution >= 4 is 39.9 Å². The molecule has 1 aliphatic heterocycles. The predicted octanol–water partition coefficient (Wildman–Crippen LogP) is 4.23. The van der Waals surface area contributed by atoms with Crippen molar-refractivity contribution in [1.82, 2.24) is 24.6 Å². The molecule has 1 aromatic carbocycles. The van der Waals surface area contributed by atoms with Crippen molar-refractivity contribution in [3.8, 4) is 0 Å². The highest BCUT2D eigenvalue weighted by atomic mass is 32.1. The van der Waals surface area contributed by atoms with Gasteiger partial charge in [0.15, 0.2) is 5.69 Å². The lowest BCUT2D eigenvalue weighted by atomic mass is 10.1. The molecule has 4 rings (SSSR count). The molecule has 2 aromatic heterocycles. The summed E-state index contributed by atoms with van der Waals surface area (Å²) in [6, 6.07) is 5.40. The van der Waals surface area contributed by atoms with E-state index < -0.39 is 42.4 Å². The van der Waals surface area contributed by atoms with Crippen molar-refractivity contribution in [2.45, 2.75) is 25.3 Å². The quantitative estimate of drug-likeness (QED) is 0.372. The number of likely N-dealkylation sites (tertiary alicyclic amines) is 1. The highest BCUT2D eigenvalue weighted by Gasteiger charge is 2.37. The van der Waals surface area contributed by atoms with E-state index in [9.17, 15) is 35.9 Å². The van der Waals surface area contributed by atoms with E-state index in [1.807, 2.05) is 0 Å². The zero-order chi connectivity index (χ0) is 27.7. The summed E-state index contributed by atoms with van der Waals surface area (Å²) < 4.78 is 80.0. The minimum Gasteiger partial charge on any atom is -0.347 e. The molecule has 0 bridgehead atoms. The molecule has 0 saturated carbocycles. The van der Waals surface area contributed by atoms with Crippen LogP contribution in [-0.2, 0) is 6.18 Å². The molecule has 3 aromatic rings.